The molecule has 2 N–H and O–H groups in total. The minimum atomic E-state index is -0.230. The van der Waals surface area contributed by atoms with E-state index in [4.69, 9.17) is 4.74 Å². The molecule has 104 valence electrons. The van der Waals surface area contributed by atoms with E-state index < -0.39 is 0 Å². The molecule has 0 aliphatic carbocycles. The van der Waals surface area contributed by atoms with Gasteiger partial charge in [-0.3, -0.25) is 9.59 Å². The van der Waals surface area contributed by atoms with E-state index in [1.165, 1.54) is 0 Å². The average Bonchev–Trinajstić information content (AvgIpc) is 2.85. The number of likely N-dealkylation sites (N-methyl/N-ethyl adjacent to an activating group) is 1. The molecule has 0 saturated carbocycles. The molecule has 18 heavy (non-hydrogen) atoms. The smallest absolute Gasteiger partial charge is 0.240 e. The third kappa shape index (κ3) is 3.96. The molecule has 0 aromatic rings. The molecule has 6 heteroatoms. The fourth-order valence-electron chi connectivity index (χ4n) is 2.08. The largest absolute Gasteiger partial charge is 0.380 e. The van der Waals surface area contributed by atoms with E-state index >= 15 is 0 Å². The van der Waals surface area contributed by atoms with Crippen LogP contribution in [-0.4, -0.2) is 62.7 Å². The standard InChI is InChI=1S/C12H23N3O3/c1-4-5-15(8-11(16)13-2)12(17)10-6-9(18-3)7-14-10/h9-10,14H,4-8H2,1-3H3,(H,13,16). The Bertz CT molecular complexity index is 296. The number of rotatable bonds is 6. The molecule has 1 heterocycles. The molecule has 1 saturated heterocycles. The van der Waals surface area contributed by atoms with Gasteiger partial charge in [-0.15, -0.1) is 0 Å². The predicted octanol–water partition coefficient (Wildman–Crippen LogP) is -0.652. The highest BCUT2D eigenvalue weighted by atomic mass is 16.5. The summed E-state index contributed by atoms with van der Waals surface area (Å²) in [5, 5.41) is 5.68. The van der Waals surface area contributed by atoms with Crippen molar-refractivity contribution >= 4 is 11.8 Å². The number of carbonyl (C=O) groups excluding carboxylic acids is 2. The first-order valence-corrected chi connectivity index (χ1v) is 6.37. The van der Waals surface area contributed by atoms with Gasteiger partial charge in [-0.25, -0.2) is 0 Å². The molecule has 2 amide bonds. The molecule has 2 atom stereocenters. The van der Waals surface area contributed by atoms with Crippen molar-refractivity contribution in [3.05, 3.63) is 0 Å². The topological polar surface area (TPSA) is 70.7 Å². The number of carbonyl (C=O) groups is 2. The Morgan fingerprint density at radius 2 is 2.22 bits per heavy atom. The van der Waals surface area contributed by atoms with E-state index in [0.717, 1.165) is 6.42 Å². The van der Waals surface area contributed by atoms with Gasteiger partial charge in [0.2, 0.25) is 11.8 Å². The minimum absolute atomic E-state index is 0.0139. The van der Waals surface area contributed by atoms with E-state index in [1.54, 1.807) is 19.1 Å². The van der Waals surface area contributed by atoms with Gasteiger partial charge < -0.3 is 20.3 Å². The summed E-state index contributed by atoms with van der Waals surface area (Å²) in [4.78, 5) is 25.3. The molecule has 6 nitrogen and oxygen atoms in total. The van der Waals surface area contributed by atoms with Gasteiger partial charge in [0.1, 0.15) is 0 Å². The Morgan fingerprint density at radius 3 is 2.72 bits per heavy atom. The summed E-state index contributed by atoms with van der Waals surface area (Å²) in [7, 11) is 3.22. The highest BCUT2D eigenvalue weighted by Crippen LogP contribution is 2.12. The van der Waals surface area contributed by atoms with Crippen LogP contribution in [0, 0.1) is 0 Å². The maximum Gasteiger partial charge on any atom is 0.240 e. The van der Waals surface area contributed by atoms with Crippen LogP contribution >= 0.6 is 0 Å². The summed E-state index contributed by atoms with van der Waals surface area (Å²) in [6.07, 6.45) is 1.59. The summed E-state index contributed by atoms with van der Waals surface area (Å²) in [6.45, 7) is 3.40. The fraction of sp³-hybridized carbons (Fsp3) is 0.833. The Morgan fingerprint density at radius 1 is 1.50 bits per heavy atom. The molecule has 0 aromatic heterocycles. The van der Waals surface area contributed by atoms with Crippen molar-refractivity contribution in [1.29, 1.82) is 0 Å². The molecule has 1 aliphatic rings. The second kappa shape index (κ2) is 7.33. The number of ether oxygens (including phenoxy) is 1. The van der Waals surface area contributed by atoms with Crippen molar-refractivity contribution in [3.63, 3.8) is 0 Å². The molecule has 1 fully saturated rings. The van der Waals surface area contributed by atoms with Crippen LogP contribution < -0.4 is 10.6 Å². The van der Waals surface area contributed by atoms with Crippen LogP contribution in [0.1, 0.15) is 19.8 Å². The average molecular weight is 257 g/mol. The quantitative estimate of drug-likeness (QED) is 0.663. The third-order valence-electron chi connectivity index (χ3n) is 3.14. The van der Waals surface area contributed by atoms with Crippen molar-refractivity contribution in [3.8, 4) is 0 Å². The van der Waals surface area contributed by atoms with Gasteiger partial charge in [0.15, 0.2) is 0 Å². The molecule has 0 aromatic carbocycles. The van der Waals surface area contributed by atoms with Crippen molar-refractivity contribution < 1.29 is 14.3 Å². The lowest BCUT2D eigenvalue weighted by Crippen LogP contribution is -2.47. The number of hydrogen-bond donors (Lipinski definition) is 2. The molecule has 2 unspecified atom stereocenters. The Labute approximate surface area is 108 Å². The Kier molecular flexibility index (Phi) is 6.07. The maximum absolute atomic E-state index is 12.3. The number of hydrogen-bond acceptors (Lipinski definition) is 4. The maximum atomic E-state index is 12.3. The van der Waals surface area contributed by atoms with Crippen LogP contribution in [0.2, 0.25) is 0 Å². The van der Waals surface area contributed by atoms with Crippen LogP contribution in [0.5, 0.6) is 0 Å². The SMILES string of the molecule is CCCN(CC(=O)NC)C(=O)C1CC(OC)CN1. The summed E-state index contributed by atoms with van der Waals surface area (Å²) in [5.41, 5.74) is 0. The van der Waals surface area contributed by atoms with Crippen LogP contribution in [0.15, 0.2) is 0 Å². The van der Waals surface area contributed by atoms with Crippen molar-refractivity contribution in [2.45, 2.75) is 31.9 Å². The van der Waals surface area contributed by atoms with Crippen molar-refractivity contribution in [2.75, 3.05) is 33.8 Å². The molecule has 0 spiro atoms. The van der Waals surface area contributed by atoms with E-state index in [2.05, 4.69) is 10.6 Å². The van der Waals surface area contributed by atoms with Crippen LogP contribution in [-0.2, 0) is 14.3 Å². The first-order valence-electron chi connectivity index (χ1n) is 6.37. The molecule has 0 radical (unpaired) electrons. The van der Waals surface area contributed by atoms with Gasteiger partial charge in [0, 0.05) is 27.2 Å². The summed E-state index contributed by atoms with van der Waals surface area (Å²) in [5.74, 6) is -0.155. The zero-order chi connectivity index (χ0) is 13.5. The lowest BCUT2D eigenvalue weighted by atomic mass is 10.1. The normalized spacial score (nSPS) is 22.8. The van der Waals surface area contributed by atoms with Crippen LogP contribution in [0.4, 0.5) is 0 Å². The monoisotopic (exact) mass is 257 g/mol. The second-order valence-electron chi connectivity index (χ2n) is 4.49. The molecular weight excluding hydrogens is 234 g/mol. The summed E-state index contributed by atoms with van der Waals surface area (Å²) in [6, 6.07) is -0.230. The van der Waals surface area contributed by atoms with E-state index in [0.29, 0.717) is 19.5 Å². The first-order chi connectivity index (χ1) is 8.62. The lowest BCUT2D eigenvalue weighted by molar-refractivity contribution is -0.137. The van der Waals surface area contributed by atoms with Gasteiger partial charge in [-0.2, -0.15) is 0 Å². The predicted molar refractivity (Wildman–Crippen MR) is 68.1 cm³/mol. The second-order valence-corrected chi connectivity index (χ2v) is 4.49. The Hall–Kier alpha value is -1.14. The highest BCUT2D eigenvalue weighted by molar-refractivity contribution is 5.87. The number of nitrogens with zero attached hydrogens (tertiary/aromatic N) is 1. The van der Waals surface area contributed by atoms with E-state index in [-0.39, 0.29) is 30.5 Å². The summed E-state index contributed by atoms with van der Waals surface area (Å²) < 4.78 is 5.22. The van der Waals surface area contributed by atoms with Gasteiger partial charge in [0.05, 0.1) is 18.7 Å². The van der Waals surface area contributed by atoms with E-state index in [1.807, 2.05) is 6.92 Å². The van der Waals surface area contributed by atoms with Crippen molar-refractivity contribution in [1.82, 2.24) is 15.5 Å². The number of nitrogens with one attached hydrogen (secondary N) is 2. The molecule has 1 rings (SSSR count). The van der Waals surface area contributed by atoms with Gasteiger partial charge in [-0.1, -0.05) is 6.92 Å². The number of methoxy groups -OCH3 is 1. The molecular formula is C12H23N3O3. The summed E-state index contributed by atoms with van der Waals surface area (Å²) >= 11 is 0. The van der Waals surface area contributed by atoms with Crippen LogP contribution in [0.25, 0.3) is 0 Å². The van der Waals surface area contributed by atoms with Gasteiger partial charge in [-0.05, 0) is 12.8 Å². The zero-order valence-electron chi connectivity index (χ0n) is 11.4. The van der Waals surface area contributed by atoms with Gasteiger partial charge in [0.25, 0.3) is 0 Å². The van der Waals surface area contributed by atoms with Crippen molar-refractivity contribution in [2.24, 2.45) is 0 Å². The van der Waals surface area contributed by atoms with Gasteiger partial charge >= 0.3 is 0 Å². The molecule has 0 bridgehead atoms. The minimum Gasteiger partial charge on any atom is -0.380 e. The number of amides is 2. The van der Waals surface area contributed by atoms with E-state index in [9.17, 15) is 9.59 Å². The highest BCUT2D eigenvalue weighted by Gasteiger charge is 2.32. The zero-order valence-corrected chi connectivity index (χ0v) is 11.4. The lowest BCUT2D eigenvalue weighted by Gasteiger charge is -2.24. The Balaban J connectivity index is 2.56. The molecule has 1 aliphatic heterocycles. The fourth-order valence-corrected chi connectivity index (χ4v) is 2.08. The third-order valence-corrected chi connectivity index (χ3v) is 3.14. The first kappa shape index (κ1) is 14.9. The van der Waals surface area contributed by atoms with Crippen LogP contribution in [0.3, 0.4) is 0 Å².